The Morgan fingerprint density at radius 2 is 2.00 bits per heavy atom. The highest BCUT2D eigenvalue weighted by molar-refractivity contribution is 5.27. The molecule has 1 aromatic rings. The molecule has 0 amide bonds. The number of benzene rings is 1. The van der Waals surface area contributed by atoms with E-state index in [-0.39, 0.29) is 18.1 Å². The van der Waals surface area contributed by atoms with Crippen LogP contribution in [0.3, 0.4) is 0 Å². The predicted octanol–water partition coefficient (Wildman–Crippen LogP) is 2.54. The molecule has 1 aliphatic carbocycles. The van der Waals surface area contributed by atoms with E-state index in [9.17, 15) is 0 Å². The molecule has 0 radical (unpaired) electrons. The number of hydrogen-bond donors (Lipinski definition) is 2. The molecule has 1 saturated carbocycles. The van der Waals surface area contributed by atoms with Crippen LogP contribution in [0.5, 0.6) is 0 Å². The number of rotatable bonds is 4. The molecule has 1 aromatic carbocycles. The van der Waals surface area contributed by atoms with Crippen LogP contribution in [0.4, 0.5) is 0 Å². The molecule has 3 atom stereocenters. The van der Waals surface area contributed by atoms with Crippen molar-refractivity contribution in [3.05, 3.63) is 35.9 Å². The van der Waals surface area contributed by atoms with E-state index in [2.05, 4.69) is 49.5 Å². The minimum Gasteiger partial charge on any atom is -0.395 e. The summed E-state index contributed by atoms with van der Waals surface area (Å²) in [6, 6.07) is 11.4. The Bertz CT molecular complexity index is 360. The summed E-state index contributed by atoms with van der Waals surface area (Å²) in [5, 5.41) is 12.6. The average molecular weight is 233 g/mol. The molecule has 0 bridgehead atoms. The number of hydrogen-bond acceptors (Lipinski definition) is 2. The third-order valence-electron chi connectivity index (χ3n) is 4.23. The van der Waals surface area contributed by atoms with Crippen molar-refractivity contribution in [3.63, 3.8) is 0 Å². The maximum absolute atomic E-state index is 9.09. The van der Waals surface area contributed by atoms with Crippen LogP contribution in [0.1, 0.15) is 38.7 Å². The monoisotopic (exact) mass is 233 g/mol. The summed E-state index contributed by atoms with van der Waals surface area (Å²) in [6.45, 7) is 6.88. The van der Waals surface area contributed by atoms with Gasteiger partial charge in [0.25, 0.3) is 0 Å². The van der Waals surface area contributed by atoms with E-state index in [0.717, 1.165) is 0 Å². The van der Waals surface area contributed by atoms with Gasteiger partial charge >= 0.3 is 0 Å². The first kappa shape index (κ1) is 12.6. The second kappa shape index (κ2) is 4.79. The summed E-state index contributed by atoms with van der Waals surface area (Å²) in [5.41, 5.74) is 1.71. The normalized spacial score (nSPS) is 28.5. The van der Waals surface area contributed by atoms with Crippen molar-refractivity contribution in [2.45, 2.75) is 45.2 Å². The number of aliphatic hydroxyl groups excluding tert-OH is 1. The Labute approximate surface area is 104 Å². The fourth-order valence-electron chi connectivity index (χ4n) is 2.86. The molecular formula is C15H23NO. The summed E-state index contributed by atoms with van der Waals surface area (Å²) in [5.74, 6) is 0.632. The van der Waals surface area contributed by atoms with Crippen molar-refractivity contribution >= 4 is 0 Å². The van der Waals surface area contributed by atoms with Gasteiger partial charge in [0.15, 0.2) is 0 Å². The Balaban J connectivity index is 2.02. The summed E-state index contributed by atoms with van der Waals surface area (Å²) in [6.07, 6.45) is 1.17. The SMILES string of the molecule is C[C@@H](CO)N[C@H]1C[C@@H](c2ccccc2)C1(C)C. The Kier molecular flexibility index (Phi) is 3.55. The lowest BCUT2D eigenvalue weighted by Crippen LogP contribution is -2.58. The van der Waals surface area contributed by atoms with Crippen molar-refractivity contribution in [2.75, 3.05) is 6.61 Å². The molecule has 17 heavy (non-hydrogen) atoms. The van der Waals surface area contributed by atoms with Crippen LogP contribution >= 0.6 is 0 Å². The molecule has 0 aromatic heterocycles. The van der Waals surface area contributed by atoms with E-state index in [1.165, 1.54) is 12.0 Å². The zero-order valence-electron chi connectivity index (χ0n) is 11.0. The van der Waals surface area contributed by atoms with E-state index in [1.807, 2.05) is 6.92 Å². The van der Waals surface area contributed by atoms with Gasteiger partial charge < -0.3 is 10.4 Å². The van der Waals surface area contributed by atoms with Crippen LogP contribution in [0.25, 0.3) is 0 Å². The molecule has 0 heterocycles. The van der Waals surface area contributed by atoms with Crippen molar-refractivity contribution in [2.24, 2.45) is 5.41 Å². The predicted molar refractivity (Wildman–Crippen MR) is 71.1 cm³/mol. The second-order valence-corrected chi connectivity index (χ2v) is 5.82. The number of aliphatic hydroxyl groups is 1. The highest BCUT2D eigenvalue weighted by atomic mass is 16.3. The maximum Gasteiger partial charge on any atom is 0.0582 e. The largest absolute Gasteiger partial charge is 0.395 e. The van der Waals surface area contributed by atoms with E-state index in [0.29, 0.717) is 12.0 Å². The third kappa shape index (κ3) is 2.38. The molecule has 94 valence electrons. The maximum atomic E-state index is 9.09. The summed E-state index contributed by atoms with van der Waals surface area (Å²) >= 11 is 0. The summed E-state index contributed by atoms with van der Waals surface area (Å²) < 4.78 is 0. The molecular weight excluding hydrogens is 210 g/mol. The lowest BCUT2D eigenvalue weighted by Gasteiger charge is -2.53. The van der Waals surface area contributed by atoms with E-state index in [1.54, 1.807) is 0 Å². The highest BCUT2D eigenvalue weighted by Crippen LogP contribution is 2.52. The summed E-state index contributed by atoms with van der Waals surface area (Å²) in [7, 11) is 0. The first-order chi connectivity index (χ1) is 8.05. The van der Waals surface area contributed by atoms with E-state index < -0.39 is 0 Å². The molecule has 0 spiro atoms. The standard InChI is InChI=1S/C15H23NO/c1-11(10-17)16-14-9-13(15(14,2)3)12-7-5-4-6-8-12/h4-8,11,13-14,16-17H,9-10H2,1-3H3/t11-,13-,14-/m0/s1. The zero-order chi connectivity index (χ0) is 12.5. The average Bonchev–Trinajstić information content (AvgIpc) is 2.34. The van der Waals surface area contributed by atoms with Gasteiger partial charge in [-0.05, 0) is 30.2 Å². The van der Waals surface area contributed by atoms with Gasteiger partial charge in [0.1, 0.15) is 0 Å². The van der Waals surface area contributed by atoms with Crippen LogP contribution in [0, 0.1) is 5.41 Å². The molecule has 2 rings (SSSR count). The van der Waals surface area contributed by atoms with Crippen LogP contribution in [-0.2, 0) is 0 Å². The van der Waals surface area contributed by atoms with Crippen LogP contribution in [0.15, 0.2) is 30.3 Å². The van der Waals surface area contributed by atoms with Gasteiger partial charge in [0.05, 0.1) is 6.61 Å². The van der Waals surface area contributed by atoms with Crippen molar-refractivity contribution in [3.8, 4) is 0 Å². The van der Waals surface area contributed by atoms with Crippen molar-refractivity contribution in [1.82, 2.24) is 5.32 Å². The molecule has 2 N–H and O–H groups in total. The topological polar surface area (TPSA) is 32.3 Å². The molecule has 1 aliphatic rings. The van der Waals surface area contributed by atoms with Gasteiger partial charge in [0, 0.05) is 12.1 Å². The quantitative estimate of drug-likeness (QED) is 0.837. The fraction of sp³-hybridized carbons (Fsp3) is 0.600. The van der Waals surface area contributed by atoms with Gasteiger partial charge in [-0.3, -0.25) is 0 Å². The van der Waals surface area contributed by atoms with E-state index in [4.69, 9.17) is 5.11 Å². The molecule has 0 saturated heterocycles. The second-order valence-electron chi connectivity index (χ2n) is 5.82. The van der Waals surface area contributed by atoms with Gasteiger partial charge in [0.2, 0.25) is 0 Å². The number of nitrogens with one attached hydrogen (secondary N) is 1. The lowest BCUT2D eigenvalue weighted by molar-refractivity contribution is 0.0544. The molecule has 0 unspecified atom stereocenters. The first-order valence-electron chi connectivity index (χ1n) is 6.47. The Morgan fingerprint density at radius 1 is 1.35 bits per heavy atom. The lowest BCUT2D eigenvalue weighted by atomic mass is 9.56. The first-order valence-corrected chi connectivity index (χ1v) is 6.47. The Morgan fingerprint density at radius 3 is 2.53 bits per heavy atom. The molecule has 1 fully saturated rings. The van der Waals surface area contributed by atoms with Crippen LogP contribution in [-0.4, -0.2) is 23.8 Å². The van der Waals surface area contributed by atoms with Gasteiger partial charge in [-0.25, -0.2) is 0 Å². The third-order valence-corrected chi connectivity index (χ3v) is 4.23. The van der Waals surface area contributed by atoms with Gasteiger partial charge in [-0.1, -0.05) is 44.2 Å². The van der Waals surface area contributed by atoms with Gasteiger partial charge in [-0.15, -0.1) is 0 Å². The fourth-order valence-corrected chi connectivity index (χ4v) is 2.86. The van der Waals surface area contributed by atoms with Crippen LogP contribution < -0.4 is 5.32 Å². The van der Waals surface area contributed by atoms with Gasteiger partial charge in [-0.2, -0.15) is 0 Å². The van der Waals surface area contributed by atoms with Crippen molar-refractivity contribution < 1.29 is 5.11 Å². The molecule has 2 heteroatoms. The van der Waals surface area contributed by atoms with Crippen LogP contribution in [0.2, 0.25) is 0 Å². The Hall–Kier alpha value is -0.860. The van der Waals surface area contributed by atoms with E-state index >= 15 is 0 Å². The smallest absolute Gasteiger partial charge is 0.0582 e. The summed E-state index contributed by atoms with van der Waals surface area (Å²) in [4.78, 5) is 0. The minimum atomic E-state index is 0.191. The zero-order valence-corrected chi connectivity index (χ0v) is 11.0. The highest BCUT2D eigenvalue weighted by Gasteiger charge is 2.48. The van der Waals surface area contributed by atoms with Crippen molar-refractivity contribution in [1.29, 1.82) is 0 Å². The minimum absolute atomic E-state index is 0.191. The molecule has 2 nitrogen and oxygen atoms in total. The molecule has 0 aliphatic heterocycles.